The molecule has 0 aliphatic carbocycles. The highest BCUT2D eigenvalue weighted by Gasteiger charge is 2.23. The van der Waals surface area contributed by atoms with E-state index in [9.17, 15) is 18.8 Å². The number of nitrogens with zero attached hydrogens (tertiary/aromatic N) is 1. The molecule has 6 nitrogen and oxygen atoms in total. The lowest BCUT2D eigenvalue weighted by atomic mass is 10.2. The molecule has 0 aliphatic rings. The van der Waals surface area contributed by atoms with Gasteiger partial charge in [-0.25, -0.2) is 9.40 Å². The van der Waals surface area contributed by atoms with E-state index in [1.807, 2.05) is 0 Å². The fraction of sp³-hybridized carbons (Fsp3) is 0.118. The topological polar surface area (TPSA) is 78.5 Å². The van der Waals surface area contributed by atoms with E-state index in [0.29, 0.717) is 5.69 Å². The Labute approximate surface area is 138 Å². The molecule has 0 unspecified atom stereocenters. The molecule has 0 heterocycles. The lowest BCUT2D eigenvalue weighted by molar-refractivity contribution is -0.139. The number of carbonyl (C=O) groups is 3. The van der Waals surface area contributed by atoms with E-state index in [0.717, 1.165) is 17.1 Å². The summed E-state index contributed by atoms with van der Waals surface area (Å²) in [5.41, 5.74) is 2.80. The summed E-state index contributed by atoms with van der Waals surface area (Å²) < 4.78 is 13.0. The number of anilines is 1. The first-order chi connectivity index (χ1) is 11.5. The standard InChI is InChI=1S/C17H16FN3O3/c1-2-19-15(22)16(23)20-21(14-6-4-3-5-7-14)17(24)12-8-10-13(18)11-9-12/h3-11H,2H2,1H3,(H,19,22)(H,20,23). The van der Waals surface area contributed by atoms with Gasteiger partial charge in [-0.3, -0.25) is 19.8 Å². The molecule has 0 aliphatic heterocycles. The zero-order valence-corrected chi connectivity index (χ0v) is 13.0. The third-order valence-electron chi connectivity index (χ3n) is 3.07. The van der Waals surface area contributed by atoms with Gasteiger partial charge >= 0.3 is 11.8 Å². The van der Waals surface area contributed by atoms with Crippen LogP contribution in [0.5, 0.6) is 0 Å². The molecule has 2 aromatic rings. The summed E-state index contributed by atoms with van der Waals surface area (Å²) >= 11 is 0. The summed E-state index contributed by atoms with van der Waals surface area (Å²) in [7, 11) is 0. The monoisotopic (exact) mass is 329 g/mol. The van der Waals surface area contributed by atoms with Crippen LogP contribution in [0.15, 0.2) is 54.6 Å². The van der Waals surface area contributed by atoms with E-state index in [1.54, 1.807) is 37.3 Å². The van der Waals surface area contributed by atoms with Crippen LogP contribution in [0.2, 0.25) is 0 Å². The van der Waals surface area contributed by atoms with Crippen molar-refractivity contribution >= 4 is 23.4 Å². The molecule has 0 fully saturated rings. The molecular formula is C17H16FN3O3. The van der Waals surface area contributed by atoms with Crippen molar-refractivity contribution in [2.24, 2.45) is 0 Å². The number of halogens is 1. The van der Waals surface area contributed by atoms with E-state index in [2.05, 4.69) is 10.7 Å². The minimum atomic E-state index is -0.976. The predicted molar refractivity (Wildman–Crippen MR) is 86.5 cm³/mol. The number of para-hydroxylation sites is 1. The van der Waals surface area contributed by atoms with Crippen molar-refractivity contribution in [3.05, 3.63) is 66.0 Å². The first-order valence-corrected chi connectivity index (χ1v) is 7.26. The lowest BCUT2D eigenvalue weighted by Crippen LogP contribution is -2.51. The van der Waals surface area contributed by atoms with Crippen LogP contribution in [0.25, 0.3) is 0 Å². The van der Waals surface area contributed by atoms with E-state index < -0.39 is 23.5 Å². The molecule has 0 aromatic heterocycles. The highest BCUT2D eigenvalue weighted by Crippen LogP contribution is 2.15. The Balaban J connectivity index is 2.29. The predicted octanol–water partition coefficient (Wildman–Crippen LogP) is 1.64. The molecular weight excluding hydrogens is 313 g/mol. The normalized spacial score (nSPS) is 9.92. The molecule has 0 spiro atoms. The third-order valence-corrected chi connectivity index (χ3v) is 3.07. The third kappa shape index (κ3) is 4.16. The lowest BCUT2D eigenvalue weighted by Gasteiger charge is -2.23. The van der Waals surface area contributed by atoms with Crippen molar-refractivity contribution in [2.75, 3.05) is 11.6 Å². The Morgan fingerprint density at radius 1 is 0.958 bits per heavy atom. The van der Waals surface area contributed by atoms with Gasteiger partial charge in [0.25, 0.3) is 5.91 Å². The SMILES string of the molecule is CCNC(=O)C(=O)NN(C(=O)c1ccc(F)cc1)c1ccccc1. The molecule has 3 amide bonds. The minimum Gasteiger partial charge on any atom is -0.348 e. The molecule has 0 radical (unpaired) electrons. The van der Waals surface area contributed by atoms with E-state index in [-0.39, 0.29) is 12.1 Å². The van der Waals surface area contributed by atoms with E-state index in [1.165, 1.54) is 12.1 Å². The van der Waals surface area contributed by atoms with Crippen LogP contribution < -0.4 is 15.8 Å². The molecule has 2 N–H and O–H groups in total. The molecule has 0 saturated carbocycles. The molecule has 124 valence electrons. The Kier molecular flexibility index (Phi) is 5.62. The highest BCUT2D eigenvalue weighted by atomic mass is 19.1. The summed E-state index contributed by atoms with van der Waals surface area (Å²) in [6.45, 7) is 1.95. The van der Waals surface area contributed by atoms with Crippen LogP contribution in [0.4, 0.5) is 10.1 Å². The van der Waals surface area contributed by atoms with Crippen molar-refractivity contribution in [1.29, 1.82) is 0 Å². The summed E-state index contributed by atoms with van der Waals surface area (Å²) in [6.07, 6.45) is 0. The van der Waals surface area contributed by atoms with Crippen LogP contribution in [-0.2, 0) is 9.59 Å². The second-order valence-corrected chi connectivity index (χ2v) is 4.78. The van der Waals surface area contributed by atoms with Gasteiger partial charge in [-0.05, 0) is 43.3 Å². The number of hydrogen-bond acceptors (Lipinski definition) is 3. The van der Waals surface area contributed by atoms with Crippen LogP contribution in [0.1, 0.15) is 17.3 Å². The Morgan fingerprint density at radius 2 is 1.58 bits per heavy atom. The molecule has 2 rings (SSSR count). The average molecular weight is 329 g/mol. The zero-order valence-electron chi connectivity index (χ0n) is 13.0. The van der Waals surface area contributed by atoms with Gasteiger partial charge in [0.1, 0.15) is 5.82 Å². The summed E-state index contributed by atoms with van der Waals surface area (Å²) in [4.78, 5) is 36.2. The zero-order chi connectivity index (χ0) is 17.5. The van der Waals surface area contributed by atoms with Crippen molar-refractivity contribution in [3.63, 3.8) is 0 Å². The Hall–Kier alpha value is -3.22. The van der Waals surface area contributed by atoms with Crippen molar-refractivity contribution in [2.45, 2.75) is 6.92 Å². The molecule has 0 bridgehead atoms. The summed E-state index contributed by atoms with van der Waals surface area (Å²) in [6, 6.07) is 13.2. The molecule has 24 heavy (non-hydrogen) atoms. The number of hydrogen-bond donors (Lipinski definition) is 2. The number of amides is 3. The maximum absolute atomic E-state index is 13.0. The van der Waals surface area contributed by atoms with Crippen LogP contribution in [0.3, 0.4) is 0 Å². The smallest absolute Gasteiger partial charge is 0.328 e. The number of carbonyl (C=O) groups excluding carboxylic acids is 3. The quantitative estimate of drug-likeness (QED) is 0.664. The van der Waals surface area contributed by atoms with Crippen molar-refractivity contribution in [3.8, 4) is 0 Å². The number of benzene rings is 2. The fourth-order valence-corrected chi connectivity index (χ4v) is 1.92. The fourth-order valence-electron chi connectivity index (χ4n) is 1.92. The maximum atomic E-state index is 13.0. The second-order valence-electron chi connectivity index (χ2n) is 4.78. The van der Waals surface area contributed by atoms with Gasteiger partial charge in [0.2, 0.25) is 0 Å². The van der Waals surface area contributed by atoms with Gasteiger partial charge in [0, 0.05) is 12.1 Å². The number of rotatable bonds is 3. The molecule has 0 atom stereocenters. The Morgan fingerprint density at radius 3 is 2.17 bits per heavy atom. The average Bonchev–Trinajstić information content (AvgIpc) is 2.60. The minimum absolute atomic E-state index is 0.163. The van der Waals surface area contributed by atoms with E-state index in [4.69, 9.17) is 0 Å². The van der Waals surface area contributed by atoms with Gasteiger partial charge in [0.15, 0.2) is 0 Å². The molecule has 7 heteroatoms. The van der Waals surface area contributed by atoms with Crippen molar-refractivity contribution < 1.29 is 18.8 Å². The van der Waals surface area contributed by atoms with Crippen LogP contribution in [0, 0.1) is 5.82 Å². The van der Waals surface area contributed by atoms with E-state index >= 15 is 0 Å². The second kappa shape index (κ2) is 7.87. The van der Waals surface area contributed by atoms with Crippen LogP contribution >= 0.6 is 0 Å². The van der Waals surface area contributed by atoms with Gasteiger partial charge < -0.3 is 5.32 Å². The van der Waals surface area contributed by atoms with Gasteiger partial charge in [-0.2, -0.15) is 0 Å². The summed E-state index contributed by atoms with van der Waals surface area (Å²) in [5.74, 6) is -2.91. The Bertz CT molecular complexity index is 733. The number of hydrazine groups is 1. The van der Waals surface area contributed by atoms with Gasteiger partial charge in [-0.1, -0.05) is 18.2 Å². The largest absolute Gasteiger partial charge is 0.348 e. The van der Waals surface area contributed by atoms with Crippen molar-refractivity contribution in [1.82, 2.24) is 10.7 Å². The first-order valence-electron chi connectivity index (χ1n) is 7.26. The number of nitrogens with one attached hydrogen (secondary N) is 2. The first kappa shape index (κ1) is 17.1. The summed E-state index contributed by atoms with van der Waals surface area (Å²) in [5, 5.41) is 3.30. The molecule has 2 aromatic carbocycles. The van der Waals surface area contributed by atoms with Crippen LogP contribution in [-0.4, -0.2) is 24.3 Å². The highest BCUT2D eigenvalue weighted by molar-refractivity contribution is 6.36. The maximum Gasteiger partial charge on any atom is 0.328 e. The van der Waals surface area contributed by atoms with Gasteiger partial charge in [-0.15, -0.1) is 0 Å². The number of likely N-dealkylation sites (N-methyl/N-ethyl adjacent to an activating group) is 1. The van der Waals surface area contributed by atoms with Gasteiger partial charge in [0.05, 0.1) is 5.69 Å². The molecule has 0 saturated heterocycles.